The maximum atomic E-state index is 10.5. The molecule has 0 aliphatic heterocycles. The number of carboxylic acids is 1. The van der Waals surface area contributed by atoms with E-state index >= 15 is 0 Å². The maximum Gasteiger partial charge on any atom is 0.326 e. The zero-order valence-electron chi connectivity index (χ0n) is 6.92. The average molecular weight is 159 g/mol. The minimum atomic E-state index is -1.01. The Kier molecular flexibility index (Phi) is 3.04. The largest absolute Gasteiger partial charge is 0.480 e. The van der Waals surface area contributed by atoms with Crippen molar-refractivity contribution in [2.75, 3.05) is 0 Å². The normalized spacial score (nSPS) is 13.7. The Morgan fingerprint density at radius 2 is 2.00 bits per heavy atom. The second-order valence-corrected chi connectivity index (χ2v) is 3.42. The summed E-state index contributed by atoms with van der Waals surface area (Å²) in [6.45, 7) is 5.26. The number of carbonyl (C=O) groups is 2. The number of nitrogens with one attached hydrogen (secondary N) is 1. The molecule has 0 aliphatic rings. The van der Waals surface area contributed by atoms with Gasteiger partial charge in [-0.2, -0.15) is 0 Å². The lowest BCUT2D eigenvalue weighted by Gasteiger charge is -2.25. The molecular weight excluding hydrogens is 146 g/mol. The van der Waals surface area contributed by atoms with Crippen molar-refractivity contribution in [2.45, 2.75) is 26.8 Å². The van der Waals surface area contributed by atoms with Gasteiger partial charge in [0.2, 0.25) is 6.41 Å². The van der Waals surface area contributed by atoms with E-state index in [1.807, 2.05) is 0 Å². The first-order chi connectivity index (χ1) is 4.89. The highest BCUT2D eigenvalue weighted by Gasteiger charge is 2.30. The van der Waals surface area contributed by atoms with Crippen LogP contribution in [0.15, 0.2) is 0 Å². The molecule has 4 nitrogen and oxygen atoms in total. The molecule has 0 saturated heterocycles. The first kappa shape index (κ1) is 9.94. The summed E-state index contributed by atoms with van der Waals surface area (Å²) in [7, 11) is 0. The summed E-state index contributed by atoms with van der Waals surface area (Å²) in [5, 5.41) is 10.9. The smallest absolute Gasteiger partial charge is 0.326 e. The van der Waals surface area contributed by atoms with Crippen LogP contribution in [0.25, 0.3) is 0 Å². The van der Waals surface area contributed by atoms with Crippen LogP contribution in [-0.2, 0) is 9.59 Å². The summed E-state index contributed by atoms with van der Waals surface area (Å²) < 4.78 is 0. The zero-order valence-corrected chi connectivity index (χ0v) is 6.92. The van der Waals surface area contributed by atoms with Gasteiger partial charge < -0.3 is 10.4 Å². The number of hydrogen-bond donors (Lipinski definition) is 2. The predicted molar refractivity (Wildman–Crippen MR) is 40.1 cm³/mol. The monoisotopic (exact) mass is 159 g/mol. The van der Waals surface area contributed by atoms with Crippen LogP contribution in [0.2, 0.25) is 0 Å². The van der Waals surface area contributed by atoms with E-state index in [1.54, 1.807) is 20.8 Å². The average Bonchev–Trinajstić information content (AvgIpc) is 1.79. The number of carboxylic acid groups (broad SMARTS) is 1. The topological polar surface area (TPSA) is 66.4 Å². The molecule has 0 heterocycles. The van der Waals surface area contributed by atoms with Crippen LogP contribution in [0, 0.1) is 5.41 Å². The first-order valence-electron chi connectivity index (χ1n) is 3.32. The highest BCUT2D eigenvalue weighted by molar-refractivity contribution is 5.77. The number of aliphatic carboxylic acids is 1. The van der Waals surface area contributed by atoms with Crippen LogP contribution in [0.4, 0.5) is 0 Å². The number of carbonyl (C=O) groups excluding carboxylic acids is 1. The van der Waals surface area contributed by atoms with Crippen LogP contribution >= 0.6 is 0 Å². The van der Waals surface area contributed by atoms with Gasteiger partial charge in [0.05, 0.1) is 0 Å². The van der Waals surface area contributed by atoms with Crippen molar-refractivity contribution >= 4 is 12.4 Å². The fourth-order valence-corrected chi connectivity index (χ4v) is 0.760. The van der Waals surface area contributed by atoms with Gasteiger partial charge in [-0.15, -0.1) is 0 Å². The molecule has 64 valence electrons. The van der Waals surface area contributed by atoms with Crippen molar-refractivity contribution < 1.29 is 14.7 Å². The Labute approximate surface area is 65.6 Å². The van der Waals surface area contributed by atoms with E-state index in [-0.39, 0.29) is 0 Å². The standard InChI is InChI=1S/C7H13NO3/c1-7(2,3)5(6(10)11)8-4-9/h4-5H,1-3H3,(H,8,9)(H,10,11). The van der Waals surface area contributed by atoms with Crippen molar-refractivity contribution in [3.05, 3.63) is 0 Å². The van der Waals surface area contributed by atoms with E-state index in [2.05, 4.69) is 5.32 Å². The molecule has 11 heavy (non-hydrogen) atoms. The predicted octanol–water partition coefficient (Wildman–Crippen LogP) is 0.232. The van der Waals surface area contributed by atoms with Crippen LogP contribution in [0.1, 0.15) is 20.8 Å². The summed E-state index contributed by atoms with van der Waals surface area (Å²) in [6.07, 6.45) is 0.407. The third kappa shape index (κ3) is 3.02. The summed E-state index contributed by atoms with van der Waals surface area (Å²) in [6, 6.07) is -0.819. The second kappa shape index (κ2) is 3.37. The molecule has 1 unspecified atom stereocenters. The summed E-state index contributed by atoms with van der Waals surface area (Å²) in [5.41, 5.74) is -0.452. The molecule has 0 spiro atoms. The van der Waals surface area contributed by atoms with Gasteiger partial charge in [0.25, 0.3) is 0 Å². The molecule has 4 heteroatoms. The molecule has 0 bridgehead atoms. The minimum Gasteiger partial charge on any atom is -0.480 e. The highest BCUT2D eigenvalue weighted by atomic mass is 16.4. The first-order valence-corrected chi connectivity index (χ1v) is 3.32. The highest BCUT2D eigenvalue weighted by Crippen LogP contribution is 2.18. The molecule has 1 atom stereocenters. The minimum absolute atomic E-state index is 0.407. The van der Waals surface area contributed by atoms with E-state index < -0.39 is 17.4 Å². The number of rotatable bonds is 3. The van der Waals surface area contributed by atoms with E-state index in [0.29, 0.717) is 6.41 Å². The van der Waals surface area contributed by atoms with Gasteiger partial charge >= 0.3 is 5.97 Å². The number of hydrogen-bond acceptors (Lipinski definition) is 2. The Hall–Kier alpha value is -1.06. The summed E-state index contributed by atoms with van der Waals surface area (Å²) >= 11 is 0. The van der Waals surface area contributed by atoms with Crippen molar-refractivity contribution in [1.29, 1.82) is 0 Å². The molecule has 0 rings (SSSR count). The second-order valence-electron chi connectivity index (χ2n) is 3.42. The summed E-state index contributed by atoms with van der Waals surface area (Å²) in [5.74, 6) is -1.01. The van der Waals surface area contributed by atoms with Crippen LogP contribution < -0.4 is 5.32 Å². The van der Waals surface area contributed by atoms with Gasteiger partial charge in [0.1, 0.15) is 6.04 Å². The SMILES string of the molecule is CC(C)(C)C(NC=O)C(=O)O. The van der Waals surface area contributed by atoms with E-state index in [0.717, 1.165) is 0 Å². The molecule has 0 fully saturated rings. The third-order valence-electron chi connectivity index (χ3n) is 1.35. The molecule has 0 aromatic heterocycles. The Balaban J connectivity index is 4.34. The van der Waals surface area contributed by atoms with Crippen molar-refractivity contribution in [2.24, 2.45) is 5.41 Å². The summed E-state index contributed by atoms with van der Waals surface area (Å²) in [4.78, 5) is 20.5. The van der Waals surface area contributed by atoms with Gasteiger partial charge in [0.15, 0.2) is 0 Å². The molecule has 0 aromatic rings. The Morgan fingerprint density at radius 3 is 2.09 bits per heavy atom. The van der Waals surface area contributed by atoms with E-state index in [1.165, 1.54) is 0 Å². The lowest BCUT2D eigenvalue weighted by atomic mass is 9.87. The quantitative estimate of drug-likeness (QED) is 0.579. The van der Waals surface area contributed by atoms with Gasteiger partial charge in [-0.05, 0) is 5.41 Å². The third-order valence-corrected chi connectivity index (χ3v) is 1.35. The molecule has 0 aromatic carbocycles. The van der Waals surface area contributed by atoms with Crippen molar-refractivity contribution in [3.8, 4) is 0 Å². The maximum absolute atomic E-state index is 10.5. The fourth-order valence-electron chi connectivity index (χ4n) is 0.760. The van der Waals surface area contributed by atoms with E-state index in [4.69, 9.17) is 5.11 Å². The van der Waals surface area contributed by atoms with E-state index in [9.17, 15) is 9.59 Å². The molecule has 1 amide bonds. The Bertz CT molecular complexity index is 160. The van der Waals surface area contributed by atoms with Crippen LogP contribution in [-0.4, -0.2) is 23.5 Å². The molecule has 0 radical (unpaired) electrons. The molecule has 2 N–H and O–H groups in total. The van der Waals surface area contributed by atoms with Crippen molar-refractivity contribution in [3.63, 3.8) is 0 Å². The Morgan fingerprint density at radius 1 is 1.55 bits per heavy atom. The van der Waals surface area contributed by atoms with Gasteiger partial charge in [-0.1, -0.05) is 20.8 Å². The van der Waals surface area contributed by atoms with Crippen LogP contribution in [0.5, 0.6) is 0 Å². The van der Waals surface area contributed by atoms with Gasteiger partial charge in [0, 0.05) is 0 Å². The molecule has 0 aliphatic carbocycles. The molecule has 0 saturated carbocycles. The number of amides is 1. The van der Waals surface area contributed by atoms with Gasteiger partial charge in [-0.25, -0.2) is 4.79 Å². The zero-order chi connectivity index (χ0) is 9.07. The van der Waals surface area contributed by atoms with Crippen molar-refractivity contribution in [1.82, 2.24) is 5.32 Å². The lowest BCUT2D eigenvalue weighted by Crippen LogP contribution is -2.45. The van der Waals surface area contributed by atoms with Crippen LogP contribution in [0.3, 0.4) is 0 Å². The van der Waals surface area contributed by atoms with Gasteiger partial charge in [-0.3, -0.25) is 4.79 Å². The lowest BCUT2D eigenvalue weighted by molar-refractivity contribution is -0.143. The fraction of sp³-hybridized carbons (Fsp3) is 0.714. The molecular formula is C7H13NO3.